The summed E-state index contributed by atoms with van der Waals surface area (Å²) < 4.78 is 28.5. The van der Waals surface area contributed by atoms with Crippen LogP contribution in [0.3, 0.4) is 0 Å². The molecule has 8 heteroatoms. The molecule has 29 heavy (non-hydrogen) atoms. The second-order valence-corrected chi connectivity index (χ2v) is 10.7. The highest BCUT2D eigenvalue weighted by Gasteiger charge is 2.34. The Morgan fingerprint density at radius 1 is 1.10 bits per heavy atom. The van der Waals surface area contributed by atoms with Crippen molar-refractivity contribution in [2.45, 2.75) is 42.7 Å². The molecule has 156 valence electrons. The summed E-state index contributed by atoms with van der Waals surface area (Å²) in [6.45, 7) is 0.776. The summed E-state index contributed by atoms with van der Waals surface area (Å²) in [5.74, 6) is 1.86. The number of nitrogens with one attached hydrogen (secondary N) is 1. The number of carbonyl (C=O) groups is 1. The van der Waals surface area contributed by atoms with Crippen molar-refractivity contribution in [1.29, 1.82) is 0 Å². The molecule has 0 bridgehead atoms. The molecule has 2 fully saturated rings. The summed E-state index contributed by atoms with van der Waals surface area (Å²) in [4.78, 5) is 14.6. The molecule has 2 aromatic rings. The Hall–Kier alpha value is -1.61. The summed E-state index contributed by atoms with van der Waals surface area (Å²) in [5.41, 5.74) is 6.25. The molecule has 2 aliphatic rings. The molecule has 6 nitrogen and oxygen atoms in total. The van der Waals surface area contributed by atoms with Gasteiger partial charge in [0.25, 0.3) is 0 Å². The minimum atomic E-state index is -3.58. The van der Waals surface area contributed by atoms with Gasteiger partial charge in [-0.15, -0.1) is 11.8 Å². The normalized spacial score (nSPS) is 24.0. The fourth-order valence-corrected chi connectivity index (χ4v) is 6.51. The van der Waals surface area contributed by atoms with E-state index in [9.17, 15) is 13.2 Å². The quantitative estimate of drug-likeness (QED) is 0.756. The maximum absolute atomic E-state index is 12.8. The lowest BCUT2D eigenvalue weighted by Gasteiger charge is -2.33. The average molecular weight is 434 g/mol. The van der Waals surface area contributed by atoms with Gasteiger partial charge in [0.2, 0.25) is 15.9 Å². The molecule has 1 aliphatic carbocycles. The highest BCUT2D eigenvalue weighted by molar-refractivity contribution is 7.99. The predicted molar refractivity (Wildman–Crippen MR) is 117 cm³/mol. The molecule has 1 heterocycles. The lowest BCUT2D eigenvalue weighted by molar-refractivity contribution is -0.132. The molecular formula is C21H27N3O3S2. The molecule has 2 aromatic carbocycles. The van der Waals surface area contributed by atoms with Crippen LogP contribution in [0.5, 0.6) is 0 Å². The molecule has 1 saturated carbocycles. The number of nitrogens with zero attached hydrogens (tertiary/aromatic N) is 1. The van der Waals surface area contributed by atoms with E-state index in [0.29, 0.717) is 12.8 Å². The molecule has 3 N–H and O–H groups in total. The van der Waals surface area contributed by atoms with E-state index in [0.717, 1.165) is 41.8 Å². The lowest BCUT2D eigenvalue weighted by Crippen LogP contribution is -2.49. The number of carbonyl (C=O) groups excluding carboxylic acids is 1. The standard InChI is InChI=1S/C21H27N3O3S2/c22-20(21(25)24-11-12-28-14-24)16-5-8-18(9-6-16)23-29(26,27)19-10-7-15-3-1-2-4-17(15)13-19/h1-4,7,10,13,16,18,20,23H,5-6,8-9,11-12,14,22H2/t16?,18?,20-/m0/s1. The van der Waals surface area contributed by atoms with Crippen molar-refractivity contribution in [2.75, 3.05) is 18.2 Å². The first kappa shape index (κ1) is 20.7. The lowest BCUT2D eigenvalue weighted by atomic mass is 9.81. The van der Waals surface area contributed by atoms with Crippen LogP contribution in [-0.2, 0) is 14.8 Å². The number of hydrogen-bond donors (Lipinski definition) is 2. The zero-order valence-corrected chi connectivity index (χ0v) is 17.9. The van der Waals surface area contributed by atoms with Crippen LogP contribution < -0.4 is 10.5 Å². The third kappa shape index (κ3) is 4.60. The van der Waals surface area contributed by atoms with Gasteiger partial charge in [-0.2, -0.15) is 0 Å². The van der Waals surface area contributed by atoms with E-state index in [-0.39, 0.29) is 22.8 Å². The first-order chi connectivity index (χ1) is 13.9. The van der Waals surface area contributed by atoms with Crippen LogP contribution in [-0.4, -0.2) is 49.5 Å². The smallest absolute Gasteiger partial charge is 0.240 e. The maximum atomic E-state index is 12.8. The Morgan fingerprint density at radius 2 is 1.83 bits per heavy atom. The number of sulfonamides is 1. The van der Waals surface area contributed by atoms with E-state index in [1.54, 1.807) is 23.9 Å². The van der Waals surface area contributed by atoms with Crippen molar-refractivity contribution in [3.63, 3.8) is 0 Å². The summed E-state index contributed by atoms with van der Waals surface area (Å²) in [7, 11) is -3.58. The number of fused-ring (bicyclic) bond motifs is 1. The largest absolute Gasteiger partial charge is 0.331 e. The van der Waals surface area contributed by atoms with Gasteiger partial charge in [0.05, 0.1) is 16.8 Å². The summed E-state index contributed by atoms with van der Waals surface area (Å²) in [5, 5.41) is 1.92. The molecule has 0 unspecified atom stereocenters. The number of rotatable bonds is 5. The summed E-state index contributed by atoms with van der Waals surface area (Å²) in [6, 6.07) is 12.3. The molecule has 0 radical (unpaired) electrons. The highest BCUT2D eigenvalue weighted by Crippen LogP contribution is 2.29. The Labute approximate surface area is 176 Å². The fourth-order valence-electron chi connectivity index (χ4n) is 4.22. The van der Waals surface area contributed by atoms with E-state index in [1.165, 1.54) is 0 Å². The summed E-state index contributed by atoms with van der Waals surface area (Å²) >= 11 is 1.75. The van der Waals surface area contributed by atoms with Crippen molar-refractivity contribution < 1.29 is 13.2 Å². The predicted octanol–water partition coefficient (Wildman–Crippen LogP) is 2.54. The molecule has 1 aliphatic heterocycles. The third-order valence-corrected chi connectivity index (χ3v) is 8.47. The zero-order valence-electron chi connectivity index (χ0n) is 16.3. The summed E-state index contributed by atoms with van der Waals surface area (Å²) in [6.07, 6.45) is 2.93. The van der Waals surface area contributed by atoms with Crippen LogP contribution >= 0.6 is 11.8 Å². The number of thioether (sulfide) groups is 1. The maximum Gasteiger partial charge on any atom is 0.240 e. The van der Waals surface area contributed by atoms with Gasteiger partial charge in [0.1, 0.15) is 0 Å². The molecule has 0 aromatic heterocycles. The molecule has 1 saturated heterocycles. The van der Waals surface area contributed by atoms with Crippen LogP contribution in [0.15, 0.2) is 47.4 Å². The third-order valence-electron chi connectivity index (χ3n) is 5.98. The van der Waals surface area contributed by atoms with Crippen LogP contribution in [0.25, 0.3) is 10.8 Å². The van der Waals surface area contributed by atoms with Crippen LogP contribution in [0.2, 0.25) is 0 Å². The van der Waals surface area contributed by atoms with Gasteiger partial charge in [0.15, 0.2) is 0 Å². The van der Waals surface area contributed by atoms with E-state index in [2.05, 4.69) is 4.72 Å². The van der Waals surface area contributed by atoms with Crippen molar-refractivity contribution in [1.82, 2.24) is 9.62 Å². The minimum Gasteiger partial charge on any atom is -0.331 e. The molecule has 4 rings (SSSR count). The van der Waals surface area contributed by atoms with Gasteiger partial charge < -0.3 is 10.6 Å². The van der Waals surface area contributed by atoms with Gasteiger partial charge in [0, 0.05) is 18.3 Å². The number of hydrogen-bond acceptors (Lipinski definition) is 5. The second kappa shape index (κ2) is 8.63. The van der Waals surface area contributed by atoms with Crippen LogP contribution in [0.4, 0.5) is 0 Å². The fraction of sp³-hybridized carbons (Fsp3) is 0.476. The van der Waals surface area contributed by atoms with Gasteiger partial charge in [-0.05, 0) is 54.5 Å². The zero-order chi connectivity index (χ0) is 20.4. The van der Waals surface area contributed by atoms with Gasteiger partial charge >= 0.3 is 0 Å². The van der Waals surface area contributed by atoms with Crippen LogP contribution in [0.1, 0.15) is 25.7 Å². The number of amides is 1. The monoisotopic (exact) mass is 433 g/mol. The molecule has 1 amide bonds. The Kier molecular flexibility index (Phi) is 6.15. The first-order valence-electron chi connectivity index (χ1n) is 10.1. The first-order valence-corrected chi connectivity index (χ1v) is 12.7. The Balaban J connectivity index is 1.36. The van der Waals surface area contributed by atoms with E-state index >= 15 is 0 Å². The minimum absolute atomic E-state index is 0.0372. The Bertz CT molecular complexity index is 982. The van der Waals surface area contributed by atoms with Crippen molar-refractivity contribution in [3.05, 3.63) is 42.5 Å². The van der Waals surface area contributed by atoms with Gasteiger partial charge in [-0.3, -0.25) is 4.79 Å². The molecule has 1 atom stereocenters. The second-order valence-electron chi connectivity index (χ2n) is 7.91. The van der Waals surface area contributed by atoms with E-state index in [1.807, 2.05) is 35.2 Å². The number of nitrogens with two attached hydrogens (primary N) is 1. The van der Waals surface area contributed by atoms with E-state index in [4.69, 9.17) is 5.73 Å². The van der Waals surface area contributed by atoms with Crippen molar-refractivity contribution >= 4 is 38.5 Å². The van der Waals surface area contributed by atoms with Gasteiger partial charge in [-0.25, -0.2) is 13.1 Å². The molecule has 0 spiro atoms. The molecular weight excluding hydrogens is 406 g/mol. The number of benzene rings is 2. The van der Waals surface area contributed by atoms with Crippen molar-refractivity contribution in [2.24, 2.45) is 11.7 Å². The average Bonchev–Trinajstić information content (AvgIpc) is 3.27. The van der Waals surface area contributed by atoms with E-state index < -0.39 is 16.1 Å². The Morgan fingerprint density at radius 3 is 2.52 bits per heavy atom. The van der Waals surface area contributed by atoms with Gasteiger partial charge in [-0.1, -0.05) is 30.3 Å². The van der Waals surface area contributed by atoms with Crippen LogP contribution in [0, 0.1) is 5.92 Å². The highest BCUT2D eigenvalue weighted by atomic mass is 32.2. The van der Waals surface area contributed by atoms with Crippen molar-refractivity contribution in [3.8, 4) is 0 Å². The topological polar surface area (TPSA) is 92.5 Å². The SMILES string of the molecule is N[C@H](C(=O)N1CCSC1)C1CCC(NS(=O)(=O)c2ccc3ccccc3c2)CC1.